The Balaban J connectivity index is 2.03. The van der Waals surface area contributed by atoms with Crippen LogP contribution in [0.2, 0.25) is 0 Å². The first-order chi connectivity index (χ1) is 9.89. The van der Waals surface area contributed by atoms with Gasteiger partial charge in [-0.1, -0.05) is 12.2 Å². The standard InChI is InChI=1S/C15H21FN2O2S/c1-18(10-15(19)4-6-20-7-5-15)9-12-8-11(14(17)21)2-3-13(12)16/h2-3,8,19H,4-7,9-10H2,1H3,(H2,17,21). The largest absolute Gasteiger partial charge is 0.389 e. The third-order valence-electron chi connectivity index (χ3n) is 3.76. The molecule has 0 aliphatic carbocycles. The number of nitrogens with two attached hydrogens (primary N) is 1. The SMILES string of the molecule is CN(Cc1cc(C(N)=S)ccc1F)CC1(O)CCOCC1. The molecule has 1 aliphatic heterocycles. The summed E-state index contributed by atoms with van der Waals surface area (Å²) in [6.45, 7) is 2.00. The molecule has 1 heterocycles. The lowest BCUT2D eigenvalue weighted by Crippen LogP contribution is -2.45. The van der Waals surface area contributed by atoms with Gasteiger partial charge < -0.3 is 15.6 Å². The van der Waals surface area contributed by atoms with Gasteiger partial charge in [-0.05, 0) is 25.2 Å². The Morgan fingerprint density at radius 3 is 2.76 bits per heavy atom. The van der Waals surface area contributed by atoms with Crippen LogP contribution in [0.4, 0.5) is 4.39 Å². The van der Waals surface area contributed by atoms with Crippen LogP contribution in [0.1, 0.15) is 24.0 Å². The summed E-state index contributed by atoms with van der Waals surface area (Å²) >= 11 is 4.91. The lowest BCUT2D eigenvalue weighted by Gasteiger charge is -2.35. The molecule has 1 saturated heterocycles. The quantitative estimate of drug-likeness (QED) is 0.806. The molecule has 0 amide bonds. The molecule has 1 aromatic carbocycles. The van der Waals surface area contributed by atoms with Gasteiger partial charge in [-0.25, -0.2) is 4.39 Å². The van der Waals surface area contributed by atoms with E-state index in [2.05, 4.69) is 0 Å². The van der Waals surface area contributed by atoms with Gasteiger partial charge in [0.1, 0.15) is 10.8 Å². The first kappa shape index (κ1) is 16.3. The summed E-state index contributed by atoms with van der Waals surface area (Å²) in [4.78, 5) is 2.16. The molecule has 116 valence electrons. The van der Waals surface area contributed by atoms with Gasteiger partial charge in [-0.15, -0.1) is 0 Å². The zero-order chi connectivity index (χ0) is 15.5. The molecule has 1 aromatic rings. The van der Waals surface area contributed by atoms with E-state index in [1.54, 1.807) is 12.1 Å². The third kappa shape index (κ3) is 4.44. The number of benzene rings is 1. The second-order valence-electron chi connectivity index (χ2n) is 5.68. The molecule has 6 heteroatoms. The molecule has 21 heavy (non-hydrogen) atoms. The zero-order valence-corrected chi connectivity index (χ0v) is 13.0. The van der Waals surface area contributed by atoms with Crippen molar-refractivity contribution in [2.24, 2.45) is 5.73 Å². The molecular formula is C15H21FN2O2S. The number of rotatable bonds is 5. The van der Waals surface area contributed by atoms with Crippen LogP contribution in [0.25, 0.3) is 0 Å². The minimum atomic E-state index is -0.760. The number of likely N-dealkylation sites (N-methyl/N-ethyl adjacent to an activating group) is 1. The fourth-order valence-corrected chi connectivity index (χ4v) is 2.73. The fourth-order valence-electron chi connectivity index (χ4n) is 2.61. The van der Waals surface area contributed by atoms with E-state index in [0.717, 1.165) is 0 Å². The minimum Gasteiger partial charge on any atom is -0.389 e. The first-order valence-electron chi connectivity index (χ1n) is 6.96. The highest BCUT2D eigenvalue weighted by Gasteiger charge is 2.31. The maximum Gasteiger partial charge on any atom is 0.127 e. The highest BCUT2D eigenvalue weighted by Crippen LogP contribution is 2.22. The number of hydrogen-bond acceptors (Lipinski definition) is 4. The Kier molecular flexibility index (Phi) is 5.27. The van der Waals surface area contributed by atoms with Crippen LogP contribution in [-0.4, -0.2) is 47.4 Å². The Morgan fingerprint density at radius 1 is 1.48 bits per heavy atom. The number of hydrogen-bond donors (Lipinski definition) is 2. The average molecular weight is 312 g/mol. The van der Waals surface area contributed by atoms with Gasteiger partial charge >= 0.3 is 0 Å². The molecule has 3 N–H and O–H groups in total. The van der Waals surface area contributed by atoms with Crippen molar-refractivity contribution in [3.05, 3.63) is 35.1 Å². The van der Waals surface area contributed by atoms with Crippen LogP contribution in [-0.2, 0) is 11.3 Å². The maximum atomic E-state index is 13.9. The number of thiocarbonyl (C=S) groups is 1. The lowest BCUT2D eigenvalue weighted by molar-refractivity contribution is -0.0778. The second kappa shape index (κ2) is 6.79. The average Bonchev–Trinajstić information content (AvgIpc) is 2.41. The van der Waals surface area contributed by atoms with Crippen molar-refractivity contribution in [3.63, 3.8) is 0 Å². The summed E-state index contributed by atoms with van der Waals surface area (Å²) < 4.78 is 19.1. The third-order valence-corrected chi connectivity index (χ3v) is 3.99. The van der Waals surface area contributed by atoms with Gasteiger partial charge in [-0.3, -0.25) is 4.90 Å². The van der Waals surface area contributed by atoms with Crippen molar-refractivity contribution in [2.75, 3.05) is 26.8 Å². The second-order valence-corrected chi connectivity index (χ2v) is 6.12. The van der Waals surface area contributed by atoms with E-state index in [-0.39, 0.29) is 10.8 Å². The van der Waals surface area contributed by atoms with Crippen LogP contribution in [0.5, 0.6) is 0 Å². The van der Waals surface area contributed by atoms with Gasteiger partial charge in [0.2, 0.25) is 0 Å². The molecule has 1 fully saturated rings. The predicted molar refractivity (Wildman–Crippen MR) is 83.6 cm³/mol. The topological polar surface area (TPSA) is 58.7 Å². The molecular weight excluding hydrogens is 291 g/mol. The Hall–Kier alpha value is -1.08. The van der Waals surface area contributed by atoms with Crippen LogP contribution in [0.3, 0.4) is 0 Å². The van der Waals surface area contributed by atoms with Crippen molar-refractivity contribution < 1.29 is 14.2 Å². The van der Waals surface area contributed by atoms with E-state index in [9.17, 15) is 9.50 Å². The van der Waals surface area contributed by atoms with Gasteiger partial charge in [0.05, 0.1) is 5.60 Å². The lowest BCUT2D eigenvalue weighted by atomic mass is 9.94. The van der Waals surface area contributed by atoms with Crippen molar-refractivity contribution in [1.82, 2.24) is 4.90 Å². The molecule has 0 radical (unpaired) electrons. The normalized spacial score (nSPS) is 17.9. The summed E-state index contributed by atoms with van der Waals surface area (Å²) in [7, 11) is 1.86. The Bertz CT molecular complexity index is 518. The number of halogens is 1. The van der Waals surface area contributed by atoms with Gasteiger partial charge in [0, 0.05) is 50.3 Å². The monoisotopic (exact) mass is 312 g/mol. The molecule has 0 aromatic heterocycles. The minimum absolute atomic E-state index is 0.252. The van der Waals surface area contributed by atoms with Crippen molar-refractivity contribution in [3.8, 4) is 0 Å². The molecule has 0 spiro atoms. The Labute approximate surface area is 129 Å². The van der Waals surface area contributed by atoms with E-state index >= 15 is 0 Å². The molecule has 4 nitrogen and oxygen atoms in total. The number of ether oxygens (including phenoxy) is 1. The first-order valence-corrected chi connectivity index (χ1v) is 7.37. The van der Waals surface area contributed by atoms with Crippen LogP contribution in [0, 0.1) is 5.82 Å². The highest BCUT2D eigenvalue weighted by molar-refractivity contribution is 7.80. The summed E-state index contributed by atoms with van der Waals surface area (Å²) in [6.07, 6.45) is 1.21. The van der Waals surface area contributed by atoms with Gasteiger partial charge in [0.15, 0.2) is 0 Å². The van der Waals surface area contributed by atoms with Crippen molar-refractivity contribution >= 4 is 17.2 Å². The van der Waals surface area contributed by atoms with Gasteiger partial charge in [0.25, 0.3) is 0 Å². The maximum absolute atomic E-state index is 13.9. The molecule has 2 rings (SSSR count). The molecule has 0 saturated carbocycles. The fraction of sp³-hybridized carbons (Fsp3) is 0.533. The number of aliphatic hydroxyl groups is 1. The molecule has 0 atom stereocenters. The zero-order valence-electron chi connectivity index (χ0n) is 12.1. The van der Waals surface area contributed by atoms with E-state index in [1.807, 2.05) is 11.9 Å². The summed E-state index contributed by atoms with van der Waals surface area (Å²) in [5.74, 6) is -0.291. The summed E-state index contributed by atoms with van der Waals surface area (Å²) in [5, 5.41) is 10.5. The van der Waals surface area contributed by atoms with E-state index in [1.165, 1.54) is 6.07 Å². The van der Waals surface area contributed by atoms with E-state index < -0.39 is 5.60 Å². The van der Waals surface area contributed by atoms with Crippen LogP contribution < -0.4 is 5.73 Å². The highest BCUT2D eigenvalue weighted by atomic mass is 32.1. The van der Waals surface area contributed by atoms with E-state index in [0.29, 0.717) is 50.3 Å². The van der Waals surface area contributed by atoms with E-state index in [4.69, 9.17) is 22.7 Å². The Morgan fingerprint density at radius 2 is 2.14 bits per heavy atom. The summed E-state index contributed by atoms with van der Waals surface area (Å²) in [5.41, 5.74) is 5.99. The molecule has 0 bridgehead atoms. The van der Waals surface area contributed by atoms with Crippen LogP contribution in [0.15, 0.2) is 18.2 Å². The predicted octanol–water partition coefficient (Wildman–Crippen LogP) is 1.43. The molecule has 1 aliphatic rings. The molecule has 0 unspecified atom stereocenters. The van der Waals surface area contributed by atoms with Crippen molar-refractivity contribution in [2.45, 2.75) is 25.0 Å². The summed E-state index contributed by atoms with van der Waals surface area (Å²) in [6, 6.07) is 4.62. The van der Waals surface area contributed by atoms with Gasteiger partial charge in [-0.2, -0.15) is 0 Å². The number of nitrogens with zero attached hydrogens (tertiary/aromatic N) is 1. The van der Waals surface area contributed by atoms with Crippen LogP contribution >= 0.6 is 12.2 Å². The smallest absolute Gasteiger partial charge is 0.127 e. The van der Waals surface area contributed by atoms with Crippen molar-refractivity contribution in [1.29, 1.82) is 0 Å².